The molecule has 1 fully saturated rings. The molecule has 1 aliphatic rings. The lowest BCUT2D eigenvalue weighted by molar-refractivity contribution is -0.146. The molecule has 0 bridgehead atoms. The minimum absolute atomic E-state index is 0.0397. The van der Waals surface area contributed by atoms with Gasteiger partial charge >= 0.3 is 5.97 Å². The fourth-order valence-corrected chi connectivity index (χ4v) is 4.59. The van der Waals surface area contributed by atoms with E-state index in [9.17, 15) is 14.4 Å². The van der Waals surface area contributed by atoms with Gasteiger partial charge in [-0.25, -0.2) is 0 Å². The number of methoxy groups -OCH3 is 1. The number of aryl methyl sites for hydroxylation is 3. The molecule has 0 spiro atoms. The van der Waals surface area contributed by atoms with E-state index in [2.05, 4.69) is 16.4 Å². The van der Waals surface area contributed by atoms with E-state index in [1.54, 1.807) is 17.7 Å². The second-order valence-electron chi connectivity index (χ2n) is 8.53. The minimum atomic E-state index is -0.338. The molecule has 2 heterocycles. The van der Waals surface area contributed by atoms with Crippen LogP contribution in [0.2, 0.25) is 0 Å². The molecule has 168 valence electrons. The van der Waals surface area contributed by atoms with E-state index >= 15 is 0 Å². The number of nitrogens with one attached hydrogen (secondary N) is 2. The molecule has 1 amide bonds. The molecule has 2 N–H and O–H groups in total. The predicted octanol–water partition coefficient (Wildman–Crippen LogP) is 3.34. The van der Waals surface area contributed by atoms with Crippen LogP contribution in [-0.4, -0.2) is 34.6 Å². The number of aromatic nitrogens is 2. The van der Waals surface area contributed by atoms with Crippen LogP contribution in [0.15, 0.2) is 47.5 Å². The third-order valence-electron chi connectivity index (χ3n) is 6.49. The Labute approximate surface area is 186 Å². The third kappa shape index (κ3) is 4.47. The van der Waals surface area contributed by atoms with Crippen molar-refractivity contribution < 1.29 is 14.3 Å². The Balaban J connectivity index is 1.44. The number of nitrogens with zero attached hydrogens (tertiary/aromatic N) is 1. The molecule has 0 saturated heterocycles. The molecule has 3 aromatic rings. The topological polar surface area (TPSA) is 93.2 Å². The molecule has 4 rings (SSSR count). The van der Waals surface area contributed by atoms with E-state index < -0.39 is 0 Å². The first-order valence-corrected chi connectivity index (χ1v) is 11.1. The highest BCUT2D eigenvalue weighted by Gasteiger charge is 2.28. The zero-order valence-electron chi connectivity index (χ0n) is 18.5. The molecule has 2 aromatic heterocycles. The Hall–Kier alpha value is -3.35. The summed E-state index contributed by atoms with van der Waals surface area (Å²) >= 11 is 0. The first kappa shape index (κ1) is 21.9. The largest absolute Gasteiger partial charge is 0.469 e. The van der Waals surface area contributed by atoms with Gasteiger partial charge in [-0.1, -0.05) is 18.2 Å². The van der Waals surface area contributed by atoms with Crippen molar-refractivity contribution in [1.29, 1.82) is 0 Å². The number of hydrogen-bond donors (Lipinski definition) is 2. The van der Waals surface area contributed by atoms with Crippen molar-refractivity contribution >= 4 is 22.8 Å². The van der Waals surface area contributed by atoms with Gasteiger partial charge < -0.3 is 19.6 Å². The van der Waals surface area contributed by atoms with E-state index in [0.717, 1.165) is 16.5 Å². The summed E-state index contributed by atoms with van der Waals surface area (Å²) in [5, 5.41) is 4.15. The lowest BCUT2D eigenvalue weighted by Crippen LogP contribution is -2.42. The summed E-state index contributed by atoms with van der Waals surface area (Å²) < 4.78 is 6.43. The SMILES string of the molecule is COC(=O)C1CCC(NC(=O)c2c(C)ccn(CCc3c[nH]c4ccccc34)c2=O)CC1. The average molecular weight is 436 g/mol. The number of pyridine rings is 1. The Morgan fingerprint density at radius 2 is 1.91 bits per heavy atom. The van der Waals surface area contributed by atoms with E-state index in [-0.39, 0.29) is 35.0 Å². The Bertz CT molecular complexity index is 1190. The molecular weight excluding hydrogens is 406 g/mol. The van der Waals surface area contributed by atoms with Crippen LogP contribution >= 0.6 is 0 Å². The summed E-state index contributed by atoms with van der Waals surface area (Å²) in [6.45, 7) is 2.28. The molecule has 1 aliphatic carbocycles. The molecule has 7 heteroatoms. The number of aromatic amines is 1. The summed E-state index contributed by atoms with van der Waals surface area (Å²) in [6.07, 6.45) is 7.18. The van der Waals surface area contributed by atoms with Crippen LogP contribution in [0, 0.1) is 12.8 Å². The number of hydrogen-bond acceptors (Lipinski definition) is 4. The van der Waals surface area contributed by atoms with Gasteiger partial charge in [-0.3, -0.25) is 14.4 Å². The van der Waals surface area contributed by atoms with Crippen molar-refractivity contribution in [3.8, 4) is 0 Å². The zero-order chi connectivity index (χ0) is 22.7. The number of para-hydroxylation sites is 1. The van der Waals surface area contributed by atoms with Gasteiger partial charge in [-0.05, 0) is 62.3 Å². The summed E-state index contributed by atoms with van der Waals surface area (Å²) in [4.78, 5) is 41.0. The highest BCUT2D eigenvalue weighted by molar-refractivity contribution is 5.95. The summed E-state index contributed by atoms with van der Waals surface area (Å²) in [6, 6.07) is 9.85. The number of rotatable bonds is 6. The van der Waals surface area contributed by atoms with Crippen LogP contribution in [0.3, 0.4) is 0 Å². The number of carbonyl (C=O) groups is 2. The van der Waals surface area contributed by atoms with Gasteiger partial charge in [0.25, 0.3) is 11.5 Å². The van der Waals surface area contributed by atoms with Crippen LogP contribution in [0.5, 0.6) is 0 Å². The third-order valence-corrected chi connectivity index (χ3v) is 6.49. The number of benzene rings is 1. The van der Waals surface area contributed by atoms with Gasteiger partial charge in [0.2, 0.25) is 0 Å². The molecule has 0 unspecified atom stereocenters. The van der Waals surface area contributed by atoms with Gasteiger partial charge in [0, 0.05) is 35.9 Å². The van der Waals surface area contributed by atoms with Crippen LogP contribution in [0.25, 0.3) is 10.9 Å². The van der Waals surface area contributed by atoms with Gasteiger partial charge in [-0.2, -0.15) is 0 Å². The number of carbonyl (C=O) groups excluding carboxylic acids is 2. The number of ether oxygens (including phenoxy) is 1. The molecule has 0 aliphatic heterocycles. The lowest BCUT2D eigenvalue weighted by Gasteiger charge is -2.27. The van der Waals surface area contributed by atoms with E-state index in [0.29, 0.717) is 44.2 Å². The Morgan fingerprint density at radius 3 is 2.66 bits per heavy atom. The van der Waals surface area contributed by atoms with Crippen molar-refractivity contribution in [2.75, 3.05) is 7.11 Å². The quantitative estimate of drug-likeness (QED) is 0.581. The molecule has 0 atom stereocenters. The average Bonchev–Trinajstić information content (AvgIpc) is 3.22. The number of H-pyrrole nitrogens is 1. The first-order valence-electron chi connectivity index (χ1n) is 11.1. The van der Waals surface area contributed by atoms with Crippen LogP contribution in [-0.2, 0) is 22.5 Å². The minimum Gasteiger partial charge on any atom is -0.469 e. The molecule has 0 radical (unpaired) electrons. The standard InChI is InChI=1S/C25H29N3O4/c1-16-11-13-28(14-12-18-15-26-21-6-4-3-5-20(18)21)24(30)22(16)23(29)27-19-9-7-17(8-10-19)25(31)32-2/h3-6,11,13,15,17,19,26H,7-10,12,14H2,1-2H3,(H,27,29). The highest BCUT2D eigenvalue weighted by atomic mass is 16.5. The fourth-order valence-electron chi connectivity index (χ4n) is 4.59. The zero-order valence-corrected chi connectivity index (χ0v) is 18.5. The Morgan fingerprint density at radius 1 is 1.16 bits per heavy atom. The molecule has 1 aromatic carbocycles. The van der Waals surface area contributed by atoms with Gasteiger partial charge in [0.1, 0.15) is 5.56 Å². The summed E-state index contributed by atoms with van der Waals surface area (Å²) in [7, 11) is 1.40. The summed E-state index contributed by atoms with van der Waals surface area (Å²) in [5.74, 6) is -0.629. The van der Waals surface area contributed by atoms with Gasteiger partial charge in [-0.15, -0.1) is 0 Å². The van der Waals surface area contributed by atoms with Crippen molar-refractivity contribution in [3.63, 3.8) is 0 Å². The van der Waals surface area contributed by atoms with E-state index in [4.69, 9.17) is 4.74 Å². The predicted molar refractivity (Wildman–Crippen MR) is 123 cm³/mol. The first-order chi connectivity index (χ1) is 15.5. The normalized spacial score (nSPS) is 18.4. The molecular formula is C25H29N3O4. The van der Waals surface area contributed by atoms with Crippen molar-refractivity contribution in [1.82, 2.24) is 14.9 Å². The van der Waals surface area contributed by atoms with Crippen LogP contribution < -0.4 is 10.9 Å². The Kier molecular flexibility index (Phi) is 6.44. The maximum atomic E-state index is 13.1. The molecule has 1 saturated carbocycles. The van der Waals surface area contributed by atoms with Gasteiger partial charge in [0.05, 0.1) is 13.0 Å². The maximum Gasteiger partial charge on any atom is 0.308 e. The van der Waals surface area contributed by atoms with Crippen molar-refractivity contribution in [2.24, 2.45) is 5.92 Å². The van der Waals surface area contributed by atoms with Gasteiger partial charge in [0.15, 0.2) is 0 Å². The lowest BCUT2D eigenvalue weighted by atomic mass is 9.86. The number of esters is 1. The fraction of sp³-hybridized carbons (Fsp3) is 0.400. The second-order valence-corrected chi connectivity index (χ2v) is 8.53. The highest BCUT2D eigenvalue weighted by Crippen LogP contribution is 2.25. The van der Waals surface area contributed by atoms with Crippen molar-refractivity contribution in [3.05, 3.63) is 69.8 Å². The molecule has 32 heavy (non-hydrogen) atoms. The van der Waals surface area contributed by atoms with E-state index in [1.165, 1.54) is 7.11 Å². The van der Waals surface area contributed by atoms with Crippen molar-refractivity contribution in [2.45, 2.75) is 51.6 Å². The number of amides is 1. The van der Waals surface area contributed by atoms with Crippen LogP contribution in [0.1, 0.15) is 47.2 Å². The second kappa shape index (κ2) is 9.42. The maximum absolute atomic E-state index is 13.1. The van der Waals surface area contributed by atoms with Crippen LogP contribution in [0.4, 0.5) is 0 Å². The van der Waals surface area contributed by atoms with E-state index in [1.807, 2.05) is 30.5 Å². The monoisotopic (exact) mass is 435 g/mol. The summed E-state index contributed by atoms with van der Waals surface area (Å²) in [5.41, 5.74) is 2.80. The number of fused-ring (bicyclic) bond motifs is 1. The molecule has 7 nitrogen and oxygen atoms in total. The smallest absolute Gasteiger partial charge is 0.308 e.